The molecule has 0 bridgehead atoms. The minimum atomic E-state index is -0.713. The van der Waals surface area contributed by atoms with Crippen LogP contribution in [0.3, 0.4) is 0 Å². The summed E-state index contributed by atoms with van der Waals surface area (Å²) in [6, 6.07) is 0. The molecule has 0 aromatic rings. The third kappa shape index (κ3) is 0.952. The predicted octanol–water partition coefficient (Wildman–Crippen LogP) is -0.152. The number of thiol groups is 1. The zero-order valence-corrected chi connectivity index (χ0v) is 5.14. The Morgan fingerprint density at radius 2 is 2.25 bits per heavy atom. The summed E-state index contributed by atoms with van der Waals surface area (Å²) in [5.74, 6) is -0.886. The van der Waals surface area contributed by atoms with Crippen molar-refractivity contribution in [2.75, 3.05) is 13.1 Å². The van der Waals surface area contributed by atoms with E-state index < -0.39 is 5.97 Å². The second-order valence-electron chi connectivity index (χ2n) is 1.91. The standard InChI is InChI=1S/C4H7NO2S/c6-4(7)3-1-5(8)2-3/h3,8H,1-2H2,(H,6,7). The van der Waals surface area contributed by atoms with Crippen LogP contribution in [0.2, 0.25) is 0 Å². The maximum Gasteiger partial charge on any atom is 0.309 e. The molecule has 0 aromatic heterocycles. The molecule has 0 amide bonds. The number of hydrogen-bond acceptors (Lipinski definition) is 3. The van der Waals surface area contributed by atoms with Gasteiger partial charge in [-0.15, -0.1) is 0 Å². The van der Waals surface area contributed by atoms with Gasteiger partial charge >= 0.3 is 5.97 Å². The van der Waals surface area contributed by atoms with Crippen molar-refractivity contribution < 1.29 is 9.90 Å². The Morgan fingerprint density at radius 1 is 1.75 bits per heavy atom. The summed E-state index contributed by atoms with van der Waals surface area (Å²) >= 11 is 3.91. The first-order valence-corrected chi connectivity index (χ1v) is 2.77. The van der Waals surface area contributed by atoms with Crippen LogP contribution in [0.5, 0.6) is 0 Å². The van der Waals surface area contributed by atoms with Gasteiger partial charge in [0.05, 0.1) is 5.92 Å². The molecule has 0 atom stereocenters. The lowest BCUT2D eigenvalue weighted by Gasteiger charge is -2.31. The first kappa shape index (κ1) is 5.91. The van der Waals surface area contributed by atoms with E-state index in [9.17, 15) is 4.79 Å². The van der Waals surface area contributed by atoms with Gasteiger partial charge in [0, 0.05) is 13.1 Å². The molecule has 0 aliphatic carbocycles. The number of carbonyl (C=O) groups is 1. The average molecular weight is 133 g/mol. The monoisotopic (exact) mass is 133 g/mol. The lowest BCUT2D eigenvalue weighted by molar-refractivity contribution is -0.145. The van der Waals surface area contributed by atoms with Gasteiger partial charge in [0.15, 0.2) is 0 Å². The lowest BCUT2D eigenvalue weighted by Crippen LogP contribution is -2.44. The molecule has 0 aromatic carbocycles. The zero-order chi connectivity index (χ0) is 6.15. The predicted molar refractivity (Wildman–Crippen MR) is 31.7 cm³/mol. The molecule has 0 saturated carbocycles. The maximum atomic E-state index is 10.1. The molecule has 4 heteroatoms. The van der Waals surface area contributed by atoms with Crippen LogP contribution in [-0.4, -0.2) is 28.5 Å². The van der Waals surface area contributed by atoms with Crippen molar-refractivity contribution in [1.82, 2.24) is 4.31 Å². The molecule has 0 unspecified atom stereocenters. The van der Waals surface area contributed by atoms with Crippen molar-refractivity contribution >= 4 is 18.8 Å². The minimum absolute atomic E-state index is 0.174. The molecule has 46 valence electrons. The van der Waals surface area contributed by atoms with Gasteiger partial charge in [-0.1, -0.05) is 12.8 Å². The van der Waals surface area contributed by atoms with Crippen molar-refractivity contribution in [3.63, 3.8) is 0 Å². The molecular formula is C4H7NO2S. The smallest absolute Gasteiger partial charge is 0.309 e. The normalized spacial score (nSPS) is 22.6. The van der Waals surface area contributed by atoms with Gasteiger partial charge in [-0.3, -0.25) is 9.10 Å². The number of carboxylic acid groups (broad SMARTS) is 1. The molecule has 8 heavy (non-hydrogen) atoms. The second kappa shape index (κ2) is 1.95. The topological polar surface area (TPSA) is 40.5 Å². The van der Waals surface area contributed by atoms with Crippen LogP contribution in [-0.2, 0) is 4.79 Å². The van der Waals surface area contributed by atoms with E-state index in [1.54, 1.807) is 4.31 Å². The summed E-state index contributed by atoms with van der Waals surface area (Å²) in [5, 5.41) is 8.29. The number of hydrogen-bond donors (Lipinski definition) is 2. The summed E-state index contributed by atoms with van der Waals surface area (Å²) in [7, 11) is 0. The van der Waals surface area contributed by atoms with Crippen LogP contribution < -0.4 is 0 Å². The van der Waals surface area contributed by atoms with E-state index in [1.165, 1.54) is 0 Å². The molecule has 1 heterocycles. The maximum absolute atomic E-state index is 10.1. The van der Waals surface area contributed by atoms with E-state index in [2.05, 4.69) is 12.8 Å². The lowest BCUT2D eigenvalue weighted by atomic mass is 10.0. The fraction of sp³-hybridized carbons (Fsp3) is 0.750. The highest BCUT2D eigenvalue weighted by Crippen LogP contribution is 2.16. The molecule has 1 aliphatic rings. The Kier molecular flexibility index (Phi) is 1.44. The minimum Gasteiger partial charge on any atom is -0.481 e. The highest BCUT2D eigenvalue weighted by Gasteiger charge is 2.30. The first-order valence-electron chi connectivity index (χ1n) is 2.37. The number of rotatable bonds is 1. The van der Waals surface area contributed by atoms with Gasteiger partial charge in [-0.2, -0.15) is 0 Å². The van der Waals surface area contributed by atoms with E-state index in [0.29, 0.717) is 13.1 Å². The van der Waals surface area contributed by atoms with Crippen LogP contribution in [0, 0.1) is 5.92 Å². The highest BCUT2D eigenvalue weighted by atomic mass is 32.1. The van der Waals surface area contributed by atoms with E-state index in [0.717, 1.165) is 0 Å². The summed E-state index contributed by atoms with van der Waals surface area (Å²) in [6.07, 6.45) is 0. The van der Waals surface area contributed by atoms with Crippen molar-refractivity contribution in [1.29, 1.82) is 0 Å². The van der Waals surface area contributed by atoms with Crippen LogP contribution in [0.1, 0.15) is 0 Å². The van der Waals surface area contributed by atoms with Gasteiger partial charge in [0.25, 0.3) is 0 Å². The molecule has 1 aliphatic heterocycles. The molecule has 0 spiro atoms. The first-order chi connectivity index (χ1) is 3.70. The van der Waals surface area contributed by atoms with E-state index in [-0.39, 0.29) is 5.92 Å². The van der Waals surface area contributed by atoms with Crippen molar-refractivity contribution in [3.05, 3.63) is 0 Å². The third-order valence-corrected chi connectivity index (χ3v) is 1.54. The second-order valence-corrected chi connectivity index (χ2v) is 2.47. The summed E-state index contributed by atoms with van der Waals surface area (Å²) < 4.78 is 1.68. The van der Waals surface area contributed by atoms with Crippen molar-refractivity contribution in [2.45, 2.75) is 0 Å². The van der Waals surface area contributed by atoms with Gasteiger partial charge in [-0.05, 0) is 0 Å². The van der Waals surface area contributed by atoms with Crippen molar-refractivity contribution in [2.24, 2.45) is 5.92 Å². The summed E-state index contributed by atoms with van der Waals surface area (Å²) in [4.78, 5) is 10.1. The number of carboxylic acids is 1. The molecule has 1 rings (SSSR count). The Bertz CT molecular complexity index is 111. The van der Waals surface area contributed by atoms with Crippen LogP contribution in [0.25, 0.3) is 0 Å². The van der Waals surface area contributed by atoms with Gasteiger partial charge in [-0.25, -0.2) is 0 Å². The van der Waals surface area contributed by atoms with Gasteiger partial charge in [0.1, 0.15) is 0 Å². The Hall–Kier alpha value is -0.220. The molecule has 0 radical (unpaired) electrons. The average Bonchev–Trinajstić information content (AvgIpc) is 1.57. The SMILES string of the molecule is O=C(O)C1CN(S)C1. The van der Waals surface area contributed by atoms with Gasteiger partial charge < -0.3 is 5.11 Å². The Labute approximate surface area is 52.8 Å². The number of nitrogens with zero attached hydrogens (tertiary/aromatic N) is 1. The quantitative estimate of drug-likeness (QED) is 0.489. The van der Waals surface area contributed by atoms with E-state index >= 15 is 0 Å². The zero-order valence-electron chi connectivity index (χ0n) is 4.24. The highest BCUT2D eigenvalue weighted by molar-refractivity contribution is 7.77. The Balaban J connectivity index is 2.25. The van der Waals surface area contributed by atoms with Crippen LogP contribution in [0.15, 0.2) is 0 Å². The van der Waals surface area contributed by atoms with Gasteiger partial charge in [0.2, 0.25) is 0 Å². The third-order valence-electron chi connectivity index (χ3n) is 1.21. The molecule has 1 fully saturated rings. The summed E-state index contributed by atoms with van der Waals surface area (Å²) in [5.41, 5.74) is 0. The summed E-state index contributed by atoms with van der Waals surface area (Å²) in [6.45, 7) is 1.16. The molecule has 3 nitrogen and oxygen atoms in total. The molecule has 1 saturated heterocycles. The number of aliphatic carboxylic acids is 1. The molecular weight excluding hydrogens is 126 g/mol. The largest absolute Gasteiger partial charge is 0.481 e. The molecule has 1 N–H and O–H groups in total. The van der Waals surface area contributed by atoms with E-state index in [4.69, 9.17) is 5.11 Å². The van der Waals surface area contributed by atoms with Crippen LogP contribution >= 0.6 is 12.8 Å². The Morgan fingerprint density at radius 3 is 2.38 bits per heavy atom. The fourth-order valence-corrected chi connectivity index (χ4v) is 1.01. The van der Waals surface area contributed by atoms with E-state index in [1.807, 2.05) is 0 Å². The fourth-order valence-electron chi connectivity index (χ4n) is 0.612. The van der Waals surface area contributed by atoms with Crippen molar-refractivity contribution in [3.8, 4) is 0 Å². The van der Waals surface area contributed by atoms with Crippen LogP contribution in [0.4, 0.5) is 0 Å².